The third kappa shape index (κ3) is 3.78. The highest BCUT2D eigenvalue weighted by atomic mass is 79.9. The molecule has 1 aromatic carbocycles. The lowest BCUT2D eigenvalue weighted by Crippen LogP contribution is -2.37. The Morgan fingerprint density at radius 3 is 2.42 bits per heavy atom. The van der Waals surface area contributed by atoms with Crippen LogP contribution in [0.4, 0.5) is 0 Å². The molecule has 0 bridgehead atoms. The molecule has 0 aliphatic carbocycles. The Bertz CT molecular complexity index is 487. The van der Waals surface area contributed by atoms with Crippen molar-refractivity contribution in [2.75, 3.05) is 13.2 Å². The topological polar surface area (TPSA) is 57.6 Å². The van der Waals surface area contributed by atoms with Gasteiger partial charge >= 0.3 is 0 Å². The summed E-state index contributed by atoms with van der Waals surface area (Å²) in [5, 5.41) is 9.18. The molecule has 19 heavy (non-hydrogen) atoms. The summed E-state index contributed by atoms with van der Waals surface area (Å²) in [6.07, 6.45) is 1.53. The number of rotatable bonds is 3. The fourth-order valence-electron chi connectivity index (χ4n) is 2.05. The summed E-state index contributed by atoms with van der Waals surface area (Å²) in [7, 11) is -3.46. The number of sulfonamides is 1. The smallest absolute Gasteiger partial charge is 0.243 e. The van der Waals surface area contributed by atoms with E-state index in [9.17, 15) is 13.5 Å². The van der Waals surface area contributed by atoms with Crippen molar-refractivity contribution in [1.29, 1.82) is 0 Å². The van der Waals surface area contributed by atoms with Crippen molar-refractivity contribution in [3.05, 3.63) is 28.7 Å². The van der Waals surface area contributed by atoms with Crippen molar-refractivity contribution in [1.82, 2.24) is 4.31 Å². The molecule has 108 valence electrons. The standard InChI is InChI=1S/C11H14BrNO3S.C2H6/c12-9-3-5-11(6-4-9)17(15,16)13-7-1-2-10(13)8-14;1-2/h3-6,10,14H,1-2,7-8H2;1-2H3. The lowest BCUT2D eigenvalue weighted by molar-refractivity contribution is 0.213. The molecule has 1 atom stereocenters. The van der Waals surface area contributed by atoms with Crippen LogP contribution >= 0.6 is 15.9 Å². The monoisotopic (exact) mass is 349 g/mol. The Morgan fingerprint density at radius 2 is 1.89 bits per heavy atom. The molecule has 1 aliphatic rings. The normalized spacial score (nSPS) is 19.9. The van der Waals surface area contributed by atoms with Crippen molar-refractivity contribution >= 4 is 26.0 Å². The maximum absolute atomic E-state index is 12.3. The molecule has 1 aliphatic heterocycles. The van der Waals surface area contributed by atoms with Crippen LogP contribution in [0.1, 0.15) is 26.7 Å². The van der Waals surface area contributed by atoms with E-state index in [1.165, 1.54) is 4.31 Å². The van der Waals surface area contributed by atoms with Gasteiger partial charge in [-0.1, -0.05) is 29.8 Å². The van der Waals surface area contributed by atoms with Gasteiger partial charge in [-0.05, 0) is 37.1 Å². The van der Waals surface area contributed by atoms with Crippen LogP contribution in [-0.2, 0) is 10.0 Å². The van der Waals surface area contributed by atoms with Gasteiger partial charge in [0.2, 0.25) is 10.0 Å². The van der Waals surface area contributed by atoms with Gasteiger partial charge in [0.15, 0.2) is 0 Å². The Morgan fingerprint density at radius 1 is 1.32 bits per heavy atom. The van der Waals surface area contributed by atoms with Crippen LogP contribution < -0.4 is 0 Å². The van der Waals surface area contributed by atoms with Crippen LogP contribution in [0.2, 0.25) is 0 Å². The maximum Gasteiger partial charge on any atom is 0.243 e. The summed E-state index contributed by atoms with van der Waals surface area (Å²) in [6.45, 7) is 4.37. The van der Waals surface area contributed by atoms with Crippen molar-refractivity contribution in [2.45, 2.75) is 37.6 Å². The summed E-state index contributed by atoms with van der Waals surface area (Å²) in [5.41, 5.74) is 0. The van der Waals surface area contributed by atoms with Crippen LogP contribution in [0.5, 0.6) is 0 Å². The summed E-state index contributed by atoms with van der Waals surface area (Å²) in [5.74, 6) is 0. The molecule has 1 fully saturated rings. The molecular formula is C13H20BrNO3S. The lowest BCUT2D eigenvalue weighted by Gasteiger charge is -2.22. The Kier molecular flexibility index (Phi) is 6.46. The first kappa shape index (κ1) is 16.6. The van der Waals surface area contributed by atoms with Gasteiger partial charge in [-0.15, -0.1) is 0 Å². The number of halogens is 1. The van der Waals surface area contributed by atoms with Gasteiger partial charge in [-0.3, -0.25) is 0 Å². The van der Waals surface area contributed by atoms with Crippen LogP contribution in [0.15, 0.2) is 33.6 Å². The van der Waals surface area contributed by atoms with E-state index in [4.69, 9.17) is 0 Å². The van der Waals surface area contributed by atoms with Gasteiger partial charge in [0.1, 0.15) is 0 Å². The fourth-order valence-corrected chi connectivity index (χ4v) is 4.00. The molecule has 1 saturated heterocycles. The predicted molar refractivity (Wildman–Crippen MR) is 79.5 cm³/mol. The van der Waals surface area contributed by atoms with E-state index in [1.54, 1.807) is 24.3 Å². The number of nitrogens with zero attached hydrogens (tertiary/aromatic N) is 1. The zero-order valence-corrected chi connectivity index (χ0v) is 13.6. The first-order chi connectivity index (χ1) is 9.05. The highest BCUT2D eigenvalue weighted by Crippen LogP contribution is 2.26. The average molecular weight is 350 g/mol. The van der Waals surface area contributed by atoms with Crippen molar-refractivity contribution in [3.63, 3.8) is 0 Å². The van der Waals surface area contributed by atoms with Crippen molar-refractivity contribution in [3.8, 4) is 0 Å². The third-order valence-electron chi connectivity index (χ3n) is 2.95. The van der Waals surface area contributed by atoms with Gasteiger partial charge in [-0.2, -0.15) is 4.31 Å². The highest BCUT2D eigenvalue weighted by Gasteiger charge is 2.34. The van der Waals surface area contributed by atoms with Gasteiger partial charge < -0.3 is 5.11 Å². The Balaban J connectivity index is 0.000000861. The molecule has 1 N–H and O–H groups in total. The van der Waals surface area contributed by atoms with Gasteiger partial charge in [0.25, 0.3) is 0 Å². The predicted octanol–water partition coefficient (Wildman–Crippen LogP) is 2.62. The Labute approximate surface area is 123 Å². The number of hydrogen-bond acceptors (Lipinski definition) is 3. The third-order valence-corrected chi connectivity index (χ3v) is 5.45. The van der Waals surface area contributed by atoms with Gasteiger partial charge in [0, 0.05) is 17.1 Å². The summed E-state index contributed by atoms with van der Waals surface area (Å²) < 4.78 is 26.9. The quantitative estimate of drug-likeness (QED) is 0.912. The SMILES string of the molecule is CC.O=S(=O)(c1ccc(Br)cc1)N1CCCC1CO. The van der Waals surface area contributed by atoms with E-state index in [2.05, 4.69) is 15.9 Å². The second kappa shape index (κ2) is 7.38. The maximum atomic E-state index is 12.3. The molecule has 0 aromatic heterocycles. The molecule has 1 unspecified atom stereocenters. The minimum Gasteiger partial charge on any atom is -0.395 e. The molecular weight excluding hydrogens is 330 g/mol. The molecule has 6 heteroatoms. The average Bonchev–Trinajstić information content (AvgIpc) is 2.90. The van der Waals surface area contributed by atoms with E-state index >= 15 is 0 Å². The number of aliphatic hydroxyl groups excluding tert-OH is 1. The minimum absolute atomic E-state index is 0.115. The molecule has 0 amide bonds. The second-order valence-electron chi connectivity index (χ2n) is 4.05. The summed E-state index contributed by atoms with van der Waals surface area (Å²) in [4.78, 5) is 0.279. The van der Waals surface area contributed by atoms with Gasteiger partial charge in [0.05, 0.1) is 11.5 Å². The number of hydrogen-bond donors (Lipinski definition) is 1. The molecule has 4 nitrogen and oxygen atoms in total. The van der Waals surface area contributed by atoms with Crippen molar-refractivity contribution < 1.29 is 13.5 Å². The van der Waals surface area contributed by atoms with E-state index in [0.717, 1.165) is 17.3 Å². The second-order valence-corrected chi connectivity index (χ2v) is 6.85. The van der Waals surface area contributed by atoms with Crippen LogP contribution in [0.3, 0.4) is 0 Å². The summed E-state index contributed by atoms with van der Waals surface area (Å²) >= 11 is 3.27. The van der Waals surface area contributed by atoms with E-state index in [1.807, 2.05) is 13.8 Å². The van der Waals surface area contributed by atoms with Crippen molar-refractivity contribution in [2.24, 2.45) is 0 Å². The zero-order chi connectivity index (χ0) is 14.5. The van der Waals surface area contributed by atoms with E-state index < -0.39 is 10.0 Å². The lowest BCUT2D eigenvalue weighted by atomic mass is 10.2. The zero-order valence-electron chi connectivity index (χ0n) is 11.2. The fraction of sp³-hybridized carbons (Fsp3) is 0.538. The van der Waals surface area contributed by atoms with Crippen LogP contribution in [0, 0.1) is 0 Å². The Hall–Kier alpha value is -0.430. The minimum atomic E-state index is -3.46. The molecule has 1 aromatic rings. The molecule has 0 radical (unpaired) electrons. The summed E-state index contributed by atoms with van der Waals surface area (Å²) in [6, 6.07) is 6.29. The number of benzene rings is 1. The first-order valence-corrected chi connectivity index (χ1v) is 8.67. The van der Waals surface area contributed by atoms with Crippen LogP contribution in [-0.4, -0.2) is 37.0 Å². The largest absolute Gasteiger partial charge is 0.395 e. The molecule has 0 saturated carbocycles. The molecule has 0 spiro atoms. The number of aliphatic hydroxyl groups is 1. The van der Waals surface area contributed by atoms with Gasteiger partial charge in [-0.25, -0.2) is 8.42 Å². The van der Waals surface area contributed by atoms with E-state index in [0.29, 0.717) is 6.54 Å². The highest BCUT2D eigenvalue weighted by molar-refractivity contribution is 9.10. The van der Waals surface area contributed by atoms with Crippen LogP contribution in [0.25, 0.3) is 0 Å². The molecule has 2 rings (SSSR count). The first-order valence-electron chi connectivity index (χ1n) is 6.44. The molecule has 1 heterocycles. The van der Waals surface area contributed by atoms with E-state index in [-0.39, 0.29) is 17.5 Å².